The molecular formula is C7H9N3. The van der Waals surface area contributed by atoms with E-state index in [1.165, 1.54) is 0 Å². The zero-order chi connectivity index (χ0) is 7.23. The summed E-state index contributed by atoms with van der Waals surface area (Å²) >= 11 is 0. The zero-order valence-electron chi connectivity index (χ0n) is 5.81. The minimum atomic E-state index is 0.707. The predicted octanol–water partition coefficient (Wildman–Crippen LogP) is -0.0194. The van der Waals surface area contributed by atoms with Crippen molar-refractivity contribution in [1.82, 2.24) is 15.3 Å². The summed E-state index contributed by atoms with van der Waals surface area (Å²) in [4.78, 5) is 6.71. The molecule has 0 aliphatic heterocycles. The van der Waals surface area contributed by atoms with Crippen molar-refractivity contribution in [3.63, 3.8) is 0 Å². The van der Waals surface area contributed by atoms with Crippen LogP contribution in [0.3, 0.4) is 0 Å². The van der Waals surface area contributed by atoms with Crippen molar-refractivity contribution in [3.05, 3.63) is 18.2 Å². The summed E-state index contributed by atoms with van der Waals surface area (Å²) < 4.78 is 0. The van der Waals surface area contributed by atoms with Crippen LogP contribution in [-0.4, -0.2) is 23.6 Å². The zero-order valence-corrected chi connectivity index (χ0v) is 5.81. The van der Waals surface area contributed by atoms with Crippen LogP contribution < -0.4 is 5.32 Å². The predicted molar refractivity (Wildman–Crippen MR) is 39.4 cm³/mol. The molecule has 0 aliphatic carbocycles. The highest BCUT2D eigenvalue weighted by molar-refractivity contribution is 5.24. The van der Waals surface area contributed by atoms with Crippen LogP contribution in [0.5, 0.6) is 0 Å². The summed E-state index contributed by atoms with van der Waals surface area (Å²) in [5.41, 5.74) is 0.857. The Bertz CT molecular complexity index is 227. The first-order valence-corrected chi connectivity index (χ1v) is 3.05. The van der Waals surface area contributed by atoms with Gasteiger partial charge in [-0.2, -0.15) is 0 Å². The van der Waals surface area contributed by atoms with E-state index in [4.69, 9.17) is 0 Å². The first-order valence-electron chi connectivity index (χ1n) is 3.05. The van der Waals surface area contributed by atoms with Crippen LogP contribution in [0.15, 0.2) is 12.5 Å². The molecule has 1 heterocycles. The molecule has 10 heavy (non-hydrogen) atoms. The van der Waals surface area contributed by atoms with Gasteiger partial charge in [0.1, 0.15) is 5.69 Å². The summed E-state index contributed by atoms with van der Waals surface area (Å²) in [6.07, 6.45) is 3.31. The minimum Gasteiger partial charge on any atom is -0.338 e. The summed E-state index contributed by atoms with van der Waals surface area (Å²) in [5, 5.41) is 2.92. The number of aromatic nitrogens is 2. The molecule has 0 bridgehead atoms. The van der Waals surface area contributed by atoms with Crippen LogP contribution in [0.1, 0.15) is 5.69 Å². The third-order valence-electron chi connectivity index (χ3n) is 0.986. The fraction of sp³-hybridized carbons (Fsp3) is 0.286. The molecule has 3 nitrogen and oxygen atoms in total. The van der Waals surface area contributed by atoms with Gasteiger partial charge in [-0.3, -0.25) is 0 Å². The molecule has 0 unspecified atom stereocenters. The van der Waals surface area contributed by atoms with Gasteiger partial charge < -0.3 is 10.3 Å². The van der Waals surface area contributed by atoms with E-state index in [1.54, 1.807) is 12.5 Å². The van der Waals surface area contributed by atoms with E-state index in [9.17, 15) is 0 Å². The Morgan fingerprint density at radius 2 is 2.70 bits per heavy atom. The van der Waals surface area contributed by atoms with E-state index < -0.39 is 0 Å². The molecule has 0 fully saturated rings. The van der Waals surface area contributed by atoms with Gasteiger partial charge in [-0.1, -0.05) is 5.92 Å². The van der Waals surface area contributed by atoms with Crippen LogP contribution in [0, 0.1) is 11.8 Å². The summed E-state index contributed by atoms with van der Waals surface area (Å²) in [5.74, 6) is 5.80. The molecular weight excluding hydrogens is 126 g/mol. The van der Waals surface area contributed by atoms with Gasteiger partial charge >= 0.3 is 0 Å². The number of H-pyrrole nitrogens is 1. The summed E-state index contributed by atoms with van der Waals surface area (Å²) in [7, 11) is 1.86. The van der Waals surface area contributed by atoms with Crippen molar-refractivity contribution in [2.75, 3.05) is 13.6 Å². The number of nitrogens with one attached hydrogen (secondary N) is 2. The Kier molecular flexibility index (Phi) is 2.53. The Morgan fingerprint density at radius 3 is 3.30 bits per heavy atom. The quantitative estimate of drug-likeness (QED) is 0.531. The van der Waals surface area contributed by atoms with E-state index in [-0.39, 0.29) is 0 Å². The van der Waals surface area contributed by atoms with Gasteiger partial charge in [0.05, 0.1) is 19.1 Å². The Labute approximate surface area is 59.9 Å². The van der Waals surface area contributed by atoms with Crippen molar-refractivity contribution < 1.29 is 0 Å². The molecule has 0 amide bonds. The van der Waals surface area contributed by atoms with E-state index in [1.807, 2.05) is 7.05 Å². The second-order valence-electron chi connectivity index (χ2n) is 1.80. The van der Waals surface area contributed by atoms with Crippen LogP contribution in [0.4, 0.5) is 0 Å². The maximum atomic E-state index is 3.82. The summed E-state index contributed by atoms with van der Waals surface area (Å²) in [6.45, 7) is 0.707. The largest absolute Gasteiger partial charge is 0.338 e. The second-order valence-corrected chi connectivity index (χ2v) is 1.80. The molecule has 0 saturated carbocycles. The number of aromatic amines is 1. The lowest BCUT2D eigenvalue weighted by molar-refractivity contribution is 0.938. The van der Waals surface area contributed by atoms with Gasteiger partial charge in [0.15, 0.2) is 0 Å². The molecule has 0 aromatic carbocycles. The molecule has 0 saturated heterocycles. The van der Waals surface area contributed by atoms with Crippen LogP contribution in [0.2, 0.25) is 0 Å². The molecule has 52 valence electrons. The van der Waals surface area contributed by atoms with Gasteiger partial charge in [-0.25, -0.2) is 4.98 Å². The standard InChI is InChI=1S/C7H9N3/c1-8-4-2-3-7-5-9-6-10-7/h5-6,8H,4H2,1H3,(H,9,10). The van der Waals surface area contributed by atoms with Crippen LogP contribution >= 0.6 is 0 Å². The number of imidazole rings is 1. The highest BCUT2D eigenvalue weighted by atomic mass is 14.8. The van der Waals surface area contributed by atoms with Crippen LogP contribution in [0.25, 0.3) is 0 Å². The van der Waals surface area contributed by atoms with Crippen molar-refractivity contribution in [3.8, 4) is 11.8 Å². The minimum absolute atomic E-state index is 0.707. The molecule has 3 heteroatoms. The fourth-order valence-corrected chi connectivity index (χ4v) is 0.552. The smallest absolute Gasteiger partial charge is 0.109 e. The maximum Gasteiger partial charge on any atom is 0.109 e. The second kappa shape index (κ2) is 3.70. The molecule has 1 aromatic heterocycles. The highest BCUT2D eigenvalue weighted by Crippen LogP contribution is 1.83. The van der Waals surface area contributed by atoms with Crippen molar-refractivity contribution in [2.45, 2.75) is 0 Å². The van der Waals surface area contributed by atoms with Crippen molar-refractivity contribution in [2.24, 2.45) is 0 Å². The fourth-order valence-electron chi connectivity index (χ4n) is 0.552. The third-order valence-corrected chi connectivity index (χ3v) is 0.986. The number of nitrogens with zero attached hydrogens (tertiary/aromatic N) is 1. The molecule has 0 atom stereocenters. The number of hydrogen-bond donors (Lipinski definition) is 2. The van der Waals surface area contributed by atoms with Gasteiger partial charge in [0.2, 0.25) is 0 Å². The first kappa shape index (κ1) is 6.84. The highest BCUT2D eigenvalue weighted by Gasteiger charge is 1.81. The van der Waals surface area contributed by atoms with E-state index in [2.05, 4.69) is 27.1 Å². The maximum absolute atomic E-state index is 3.82. The molecule has 2 N–H and O–H groups in total. The van der Waals surface area contributed by atoms with Gasteiger partial charge in [0, 0.05) is 0 Å². The third kappa shape index (κ3) is 1.92. The average molecular weight is 135 g/mol. The number of hydrogen-bond acceptors (Lipinski definition) is 2. The summed E-state index contributed by atoms with van der Waals surface area (Å²) in [6, 6.07) is 0. The molecule has 0 radical (unpaired) electrons. The van der Waals surface area contributed by atoms with Crippen molar-refractivity contribution in [1.29, 1.82) is 0 Å². The van der Waals surface area contributed by atoms with E-state index in [0.717, 1.165) is 5.69 Å². The Morgan fingerprint density at radius 1 is 1.80 bits per heavy atom. The monoisotopic (exact) mass is 135 g/mol. The topological polar surface area (TPSA) is 40.7 Å². The molecule has 1 rings (SSSR count). The van der Waals surface area contributed by atoms with E-state index >= 15 is 0 Å². The lowest BCUT2D eigenvalue weighted by Crippen LogP contribution is -2.04. The lowest BCUT2D eigenvalue weighted by atomic mass is 10.4. The van der Waals surface area contributed by atoms with Gasteiger partial charge in [-0.05, 0) is 13.0 Å². The Hall–Kier alpha value is -1.27. The first-order chi connectivity index (χ1) is 4.93. The van der Waals surface area contributed by atoms with Crippen LogP contribution in [-0.2, 0) is 0 Å². The lowest BCUT2D eigenvalue weighted by Gasteiger charge is -1.81. The SMILES string of the molecule is CNCC#Cc1cnc[nH]1. The number of rotatable bonds is 1. The molecule has 1 aromatic rings. The van der Waals surface area contributed by atoms with Gasteiger partial charge in [0.25, 0.3) is 0 Å². The Balaban J connectivity index is 2.49. The normalized spacial score (nSPS) is 8.50. The van der Waals surface area contributed by atoms with Crippen molar-refractivity contribution >= 4 is 0 Å². The average Bonchev–Trinajstić information content (AvgIpc) is 2.41. The van der Waals surface area contributed by atoms with Gasteiger partial charge in [-0.15, -0.1) is 0 Å². The van der Waals surface area contributed by atoms with E-state index in [0.29, 0.717) is 6.54 Å². The molecule has 0 spiro atoms. The molecule has 0 aliphatic rings.